The van der Waals surface area contributed by atoms with Crippen LogP contribution in [0.1, 0.15) is 19.7 Å². The Morgan fingerprint density at radius 3 is 2.52 bits per heavy atom. The molecule has 3 N–H and O–H groups in total. The second kappa shape index (κ2) is 8.15. The van der Waals surface area contributed by atoms with Crippen LogP contribution in [-0.2, 0) is 16.9 Å². The fourth-order valence-corrected chi connectivity index (χ4v) is 4.22. The predicted octanol–water partition coefficient (Wildman–Crippen LogP) is 4.78. The number of aromatic nitrogens is 2. The fraction of sp³-hybridized carbons (Fsp3) is 0.273. The standard InChI is InChI=1S/C22H22Cl2FN5O/c1-22(2)21-28-19(13-3-8-16(23)17(24)11-13)20(27-15-6-4-14(25)5-7-15)29(21)9-10-30(22)18(31)12-26/h3-8,11,27H,9-10,12,26H2,1-2H3. The first-order valence-corrected chi connectivity index (χ1v) is 10.6. The number of hydrogen-bond donors (Lipinski definition) is 2. The Hall–Kier alpha value is -2.61. The van der Waals surface area contributed by atoms with Crippen LogP contribution >= 0.6 is 23.2 Å². The van der Waals surface area contributed by atoms with Gasteiger partial charge in [-0.05, 0) is 50.2 Å². The maximum atomic E-state index is 13.4. The van der Waals surface area contributed by atoms with Crippen LogP contribution in [0, 0.1) is 5.82 Å². The summed E-state index contributed by atoms with van der Waals surface area (Å²) in [6, 6.07) is 11.4. The molecule has 0 saturated carbocycles. The highest BCUT2D eigenvalue weighted by molar-refractivity contribution is 6.42. The molecule has 0 aliphatic carbocycles. The minimum absolute atomic E-state index is 0.0650. The molecule has 31 heavy (non-hydrogen) atoms. The summed E-state index contributed by atoms with van der Waals surface area (Å²) < 4.78 is 15.4. The molecule has 9 heteroatoms. The van der Waals surface area contributed by atoms with Crippen LogP contribution in [-0.4, -0.2) is 33.4 Å². The van der Waals surface area contributed by atoms with Gasteiger partial charge in [0, 0.05) is 24.3 Å². The Bertz CT molecular complexity index is 1140. The van der Waals surface area contributed by atoms with E-state index in [1.54, 1.807) is 29.2 Å². The van der Waals surface area contributed by atoms with Gasteiger partial charge in [0.1, 0.15) is 23.2 Å². The van der Waals surface area contributed by atoms with Crippen LogP contribution in [0.15, 0.2) is 42.5 Å². The van der Waals surface area contributed by atoms with Crippen molar-refractivity contribution in [3.63, 3.8) is 0 Å². The van der Waals surface area contributed by atoms with E-state index < -0.39 is 5.54 Å². The number of hydrogen-bond acceptors (Lipinski definition) is 4. The lowest BCUT2D eigenvalue weighted by atomic mass is 9.99. The van der Waals surface area contributed by atoms with Crippen molar-refractivity contribution < 1.29 is 9.18 Å². The van der Waals surface area contributed by atoms with Crippen molar-refractivity contribution in [2.45, 2.75) is 25.9 Å². The molecule has 2 aromatic carbocycles. The van der Waals surface area contributed by atoms with E-state index in [1.165, 1.54) is 12.1 Å². The number of anilines is 2. The monoisotopic (exact) mass is 461 g/mol. The highest BCUT2D eigenvalue weighted by Gasteiger charge is 2.41. The average molecular weight is 462 g/mol. The summed E-state index contributed by atoms with van der Waals surface area (Å²) in [7, 11) is 0. The third kappa shape index (κ3) is 3.89. The Kier molecular flexibility index (Phi) is 5.68. The first-order chi connectivity index (χ1) is 14.7. The Labute approximate surface area is 189 Å². The lowest BCUT2D eigenvalue weighted by molar-refractivity contribution is -0.137. The summed E-state index contributed by atoms with van der Waals surface area (Å²) in [6.07, 6.45) is 0. The van der Waals surface area contributed by atoms with Crippen molar-refractivity contribution in [3.8, 4) is 11.3 Å². The molecule has 2 heterocycles. The molecule has 6 nitrogen and oxygen atoms in total. The molecule has 0 fully saturated rings. The molecule has 0 spiro atoms. The van der Waals surface area contributed by atoms with Gasteiger partial charge < -0.3 is 20.5 Å². The van der Waals surface area contributed by atoms with Gasteiger partial charge in [0.15, 0.2) is 0 Å². The summed E-state index contributed by atoms with van der Waals surface area (Å²) in [5.74, 6) is 0.991. The molecule has 3 aromatic rings. The summed E-state index contributed by atoms with van der Waals surface area (Å²) in [6.45, 7) is 4.84. The highest BCUT2D eigenvalue weighted by Crippen LogP contribution is 2.40. The number of benzene rings is 2. The Balaban J connectivity index is 1.88. The molecule has 1 aromatic heterocycles. The highest BCUT2D eigenvalue weighted by atomic mass is 35.5. The molecule has 0 unspecified atom stereocenters. The van der Waals surface area contributed by atoms with Gasteiger partial charge in [-0.25, -0.2) is 9.37 Å². The van der Waals surface area contributed by atoms with Crippen LogP contribution in [0.3, 0.4) is 0 Å². The van der Waals surface area contributed by atoms with E-state index in [-0.39, 0.29) is 18.3 Å². The largest absolute Gasteiger partial charge is 0.340 e. The first-order valence-electron chi connectivity index (χ1n) is 9.82. The SMILES string of the molecule is CC1(C)c2nc(-c3ccc(Cl)c(Cl)c3)c(Nc3ccc(F)cc3)n2CCN1C(=O)CN. The molecule has 0 atom stereocenters. The van der Waals surface area contributed by atoms with E-state index in [4.69, 9.17) is 33.9 Å². The topological polar surface area (TPSA) is 76.2 Å². The van der Waals surface area contributed by atoms with Crippen molar-refractivity contribution in [2.75, 3.05) is 18.4 Å². The number of fused-ring (bicyclic) bond motifs is 1. The Morgan fingerprint density at radius 2 is 1.87 bits per heavy atom. The minimum Gasteiger partial charge on any atom is -0.340 e. The van der Waals surface area contributed by atoms with E-state index in [2.05, 4.69) is 5.32 Å². The lowest BCUT2D eigenvalue weighted by Gasteiger charge is -2.42. The number of amides is 1. The molecule has 0 bridgehead atoms. The normalized spacial score (nSPS) is 15.0. The van der Waals surface area contributed by atoms with E-state index in [0.29, 0.717) is 40.3 Å². The van der Waals surface area contributed by atoms with Gasteiger partial charge in [0.25, 0.3) is 0 Å². The van der Waals surface area contributed by atoms with E-state index in [9.17, 15) is 9.18 Å². The molecule has 1 aliphatic heterocycles. The smallest absolute Gasteiger partial charge is 0.237 e. The molecule has 1 amide bonds. The van der Waals surface area contributed by atoms with Crippen LogP contribution in [0.2, 0.25) is 10.0 Å². The number of halogens is 3. The number of imidazole rings is 1. The zero-order valence-electron chi connectivity index (χ0n) is 17.1. The first kappa shape index (κ1) is 21.6. The van der Waals surface area contributed by atoms with Crippen LogP contribution in [0.25, 0.3) is 11.3 Å². The van der Waals surface area contributed by atoms with E-state index in [1.807, 2.05) is 24.5 Å². The van der Waals surface area contributed by atoms with Gasteiger partial charge in [-0.3, -0.25) is 4.79 Å². The number of nitrogens with two attached hydrogens (primary N) is 1. The van der Waals surface area contributed by atoms with Crippen molar-refractivity contribution >= 4 is 40.6 Å². The molecular formula is C22H22Cl2FN5O. The van der Waals surface area contributed by atoms with Crippen LogP contribution in [0.5, 0.6) is 0 Å². The fourth-order valence-electron chi connectivity index (χ4n) is 3.93. The molecule has 1 aliphatic rings. The maximum absolute atomic E-state index is 13.4. The van der Waals surface area contributed by atoms with Gasteiger partial charge in [-0.15, -0.1) is 0 Å². The molecule has 4 rings (SSSR count). The van der Waals surface area contributed by atoms with Gasteiger partial charge in [0.05, 0.1) is 22.1 Å². The summed E-state index contributed by atoms with van der Waals surface area (Å²) in [4.78, 5) is 19.1. The minimum atomic E-state index is -0.678. The van der Waals surface area contributed by atoms with Gasteiger partial charge in [-0.1, -0.05) is 29.3 Å². The third-order valence-electron chi connectivity index (χ3n) is 5.51. The quantitative estimate of drug-likeness (QED) is 0.586. The second-order valence-electron chi connectivity index (χ2n) is 7.85. The maximum Gasteiger partial charge on any atom is 0.237 e. The third-order valence-corrected chi connectivity index (χ3v) is 6.25. The number of nitrogens with zero attached hydrogens (tertiary/aromatic N) is 3. The lowest BCUT2D eigenvalue weighted by Crippen LogP contribution is -2.53. The number of rotatable bonds is 4. The van der Waals surface area contributed by atoms with E-state index in [0.717, 1.165) is 11.4 Å². The van der Waals surface area contributed by atoms with Crippen LogP contribution < -0.4 is 11.1 Å². The predicted molar refractivity (Wildman–Crippen MR) is 121 cm³/mol. The molecular weight excluding hydrogens is 440 g/mol. The second-order valence-corrected chi connectivity index (χ2v) is 8.67. The van der Waals surface area contributed by atoms with Gasteiger partial charge in [0.2, 0.25) is 5.91 Å². The van der Waals surface area contributed by atoms with E-state index >= 15 is 0 Å². The van der Waals surface area contributed by atoms with Crippen molar-refractivity contribution in [3.05, 3.63) is 64.2 Å². The van der Waals surface area contributed by atoms with Gasteiger partial charge in [-0.2, -0.15) is 0 Å². The number of carbonyl (C=O) groups excluding carboxylic acids is 1. The molecule has 0 radical (unpaired) electrons. The zero-order chi connectivity index (χ0) is 22.3. The summed E-state index contributed by atoms with van der Waals surface area (Å²) in [5, 5.41) is 4.23. The molecule has 0 saturated heterocycles. The van der Waals surface area contributed by atoms with Crippen molar-refractivity contribution in [2.24, 2.45) is 5.73 Å². The van der Waals surface area contributed by atoms with Crippen molar-refractivity contribution in [1.29, 1.82) is 0 Å². The summed E-state index contributed by atoms with van der Waals surface area (Å²) in [5.41, 5.74) is 7.09. The molecule has 162 valence electrons. The van der Waals surface area contributed by atoms with Crippen molar-refractivity contribution in [1.82, 2.24) is 14.5 Å². The number of nitrogens with one attached hydrogen (secondary N) is 1. The summed E-state index contributed by atoms with van der Waals surface area (Å²) >= 11 is 12.4. The Morgan fingerprint density at radius 1 is 1.16 bits per heavy atom. The number of carbonyl (C=O) groups is 1. The van der Waals surface area contributed by atoms with Gasteiger partial charge >= 0.3 is 0 Å². The zero-order valence-corrected chi connectivity index (χ0v) is 18.6. The average Bonchev–Trinajstić information content (AvgIpc) is 3.11. The van der Waals surface area contributed by atoms with Crippen LogP contribution in [0.4, 0.5) is 15.9 Å².